The van der Waals surface area contributed by atoms with Gasteiger partial charge in [0.1, 0.15) is 0 Å². The van der Waals surface area contributed by atoms with Crippen molar-refractivity contribution in [3.63, 3.8) is 0 Å². The normalized spacial score (nSPS) is 15.6. The maximum atomic E-state index is 12.5. The van der Waals surface area contributed by atoms with E-state index in [1.54, 1.807) is 0 Å². The molecule has 1 aliphatic heterocycles. The summed E-state index contributed by atoms with van der Waals surface area (Å²) in [5, 5.41) is 5.93. The van der Waals surface area contributed by atoms with Gasteiger partial charge in [-0.3, -0.25) is 0 Å². The van der Waals surface area contributed by atoms with Crippen molar-refractivity contribution >= 4 is 11.7 Å². The summed E-state index contributed by atoms with van der Waals surface area (Å²) in [6.45, 7) is 5.44. The fourth-order valence-corrected chi connectivity index (χ4v) is 3.28. The summed E-state index contributed by atoms with van der Waals surface area (Å²) < 4.78 is 11.7. The van der Waals surface area contributed by atoms with Crippen LogP contribution in [0, 0.1) is 0 Å². The first-order valence-electron chi connectivity index (χ1n) is 9.17. The number of nitrogens with one attached hydrogen (secondary N) is 2. The maximum absolute atomic E-state index is 12.5. The van der Waals surface area contributed by atoms with Gasteiger partial charge in [-0.15, -0.1) is 0 Å². The topological polar surface area (TPSA) is 59.6 Å². The van der Waals surface area contributed by atoms with Crippen molar-refractivity contribution in [1.82, 2.24) is 5.32 Å². The Morgan fingerprint density at radius 2 is 1.58 bits per heavy atom. The molecule has 0 aromatic heterocycles. The van der Waals surface area contributed by atoms with E-state index >= 15 is 0 Å². The zero-order valence-corrected chi connectivity index (χ0v) is 15.4. The number of urea groups is 1. The van der Waals surface area contributed by atoms with Crippen LogP contribution in [0.2, 0.25) is 0 Å². The summed E-state index contributed by atoms with van der Waals surface area (Å²) in [6, 6.07) is 15.6. The second-order valence-corrected chi connectivity index (χ2v) is 6.28. The smallest absolute Gasteiger partial charge is 0.319 e. The van der Waals surface area contributed by atoms with Gasteiger partial charge in [0, 0.05) is 11.3 Å². The summed E-state index contributed by atoms with van der Waals surface area (Å²) in [7, 11) is 0. The minimum Gasteiger partial charge on any atom is -0.342 e. The Morgan fingerprint density at radius 1 is 0.962 bits per heavy atom. The Kier molecular flexibility index (Phi) is 5.91. The first-order valence-corrected chi connectivity index (χ1v) is 9.17. The second-order valence-electron chi connectivity index (χ2n) is 6.28. The largest absolute Gasteiger partial charge is 0.342 e. The molecule has 0 atom stereocenters. The highest BCUT2D eigenvalue weighted by atomic mass is 16.7. The molecule has 0 radical (unpaired) electrons. The Hall–Kier alpha value is -2.37. The van der Waals surface area contributed by atoms with Crippen LogP contribution in [-0.2, 0) is 28.1 Å². The van der Waals surface area contributed by atoms with E-state index in [9.17, 15) is 4.79 Å². The van der Waals surface area contributed by atoms with Crippen LogP contribution in [0.3, 0.4) is 0 Å². The maximum Gasteiger partial charge on any atom is 0.319 e. The van der Waals surface area contributed by atoms with Crippen molar-refractivity contribution in [3.05, 3.63) is 65.2 Å². The van der Waals surface area contributed by atoms with E-state index in [1.807, 2.05) is 48.5 Å². The summed E-state index contributed by atoms with van der Waals surface area (Å²) in [5.74, 6) is -0.920. The number of para-hydroxylation sites is 1. The molecule has 0 aliphatic carbocycles. The number of anilines is 1. The van der Waals surface area contributed by atoms with Crippen LogP contribution in [0.4, 0.5) is 10.5 Å². The average Bonchev–Trinajstić information content (AvgIpc) is 3.17. The van der Waals surface area contributed by atoms with Crippen LogP contribution in [0.15, 0.2) is 48.5 Å². The number of carbonyl (C=O) groups is 1. The second kappa shape index (κ2) is 8.34. The van der Waals surface area contributed by atoms with E-state index in [-0.39, 0.29) is 12.6 Å². The lowest BCUT2D eigenvalue weighted by Crippen LogP contribution is -2.43. The highest BCUT2D eigenvalue weighted by Gasteiger charge is 2.38. The third kappa shape index (κ3) is 3.89. The number of benzene rings is 2. The van der Waals surface area contributed by atoms with Gasteiger partial charge in [0.2, 0.25) is 5.79 Å². The van der Waals surface area contributed by atoms with Crippen molar-refractivity contribution in [2.24, 2.45) is 0 Å². The van der Waals surface area contributed by atoms with Gasteiger partial charge in [0.25, 0.3) is 0 Å². The Morgan fingerprint density at radius 3 is 2.15 bits per heavy atom. The lowest BCUT2D eigenvalue weighted by atomic mass is 10.0. The Bertz CT molecular complexity index is 718. The molecule has 5 nitrogen and oxygen atoms in total. The molecule has 1 heterocycles. The third-order valence-electron chi connectivity index (χ3n) is 4.69. The zero-order chi connectivity index (χ0) is 18.4. The molecule has 2 aromatic carbocycles. The lowest BCUT2D eigenvalue weighted by molar-refractivity contribution is -0.160. The van der Waals surface area contributed by atoms with Crippen molar-refractivity contribution in [2.75, 3.05) is 25.1 Å². The molecule has 2 amide bonds. The summed E-state index contributed by atoms with van der Waals surface area (Å²) >= 11 is 0. The lowest BCUT2D eigenvalue weighted by Gasteiger charge is -2.28. The number of carbonyl (C=O) groups excluding carboxylic acids is 1. The number of ether oxygens (including phenoxy) is 2. The van der Waals surface area contributed by atoms with Gasteiger partial charge < -0.3 is 20.1 Å². The fraction of sp³-hybridized carbons (Fsp3) is 0.381. The number of rotatable bonds is 6. The molecule has 0 unspecified atom stereocenters. The SMILES string of the molecule is CCc1cccc(CC)c1NC(=O)NCC1(c2ccccc2)OCCO1. The Labute approximate surface area is 154 Å². The molecule has 2 N–H and O–H groups in total. The van der Waals surface area contributed by atoms with Gasteiger partial charge >= 0.3 is 6.03 Å². The molecule has 3 rings (SSSR count). The molecular formula is C21H26N2O3. The predicted molar refractivity (Wildman–Crippen MR) is 102 cm³/mol. The van der Waals surface area contributed by atoms with E-state index in [0.29, 0.717) is 13.2 Å². The fourth-order valence-electron chi connectivity index (χ4n) is 3.28. The van der Waals surface area contributed by atoms with Crippen molar-refractivity contribution < 1.29 is 14.3 Å². The van der Waals surface area contributed by atoms with Crippen LogP contribution in [0.5, 0.6) is 0 Å². The molecule has 1 saturated heterocycles. The molecular weight excluding hydrogens is 328 g/mol. The van der Waals surface area contributed by atoms with Crippen LogP contribution in [0.1, 0.15) is 30.5 Å². The molecule has 0 saturated carbocycles. The van der Waals surface area contributed by atoms with Crippen molar-refractivity contribution in [2.45, 2.75) is 32.5 Å². The van der Waals surface area contributed by atoms with E-state index in [4.69, 9.17) is 9.47 Å². The standard InChI is InChI=1S/C21H26N2O3/c1-3-16-9-8-10-17(4-2)19(16)23-20(24)22-15-21(25-13-14-26-21)18-11-6-5-7-12-18/h5-12H,3-4,13-15H2,1-2H3,(H2,22,23,24). The zero-order valence-electron chi connectivity index (χ0n) is 15.4. The molecule has 5 heteroatoms. The van der Waals surface area contributed by atoms with Gasteiger partial charge in [-0.25, -0.2) is 4.79 Å². The predicted octanol–water partition coefficient (Wildman–Crippen LogP) is 3.83. The molecule has 0 bridgehead atoms. The molecule has 0 spiro atoms. The quantitative estimate of drug-likeness (QED) is 0.829. The van der Waals surface area contributed by atoms with E-state index in [0.717, 1.165) is 35.2 Å². The van der Waals surface area contributed by atoms with E-state index in [2.05, 4.69) is 24.5 Å². The summed E-state index contributed by atoms with van der Waals surface area (Å²) in [4.78, 5) is 12.5. The molecule has 26 heavy (non-hydrogen) atoms. The van der Waals surface area contributed by atoms with Gasteiger partial charge in [0.05, 0.1) is 19.8 Å². The minimum atomic E-state index is -0.920. The third-order valence-corrected chi connectivity index (χ3v) is 4.69. The van der Waals surface area contributed by atoms with Crippen molar-refractivity contribution in [1.29, 1.82) is 0 Å². The number of hydrogen-bond acceptors (Lipinski definition) is 3. The minimum absolute atomic E-state index is 0.249. The van der Waals surface area contributed by atoms with E-state index < -0.39 is 5.79 Å². The number of amides is 2. The molecule has 1 fully saturated rings. The first kappa shape index (κ1) is 18.4. The van der Waals surface area contributed by atoms with Gasteiger partial charge in [-0.2, -0.15) is 0 Å². The molecule has 2 aromatic rings. The van der Waals surface area contributed by atoms with E-state index in [1.165, 1.54) is 0 Å². The molecule has 138 valence electrons. The Balaban J connectivity index is 1.71. The van der Waals surface area contributed by atoms with Gasteiger partial charge in [-0.05, 0) is 24.0 Å². The van der Waals surface area contributed by atoms with Crippen LogP contribution >= 0.6 is 0 Å². The number of aryl methyl sites for hydroxylation is 2. The highest BCUT2D eigenvalue weighted by molar-refractivity contribution is 5.91. The summed E-state index contributed by atoms with van der Waals surface area (Å²) in [6.07, 6.45) is 1.73. The number of hydrogen-bond donors (Lipinski definition) is 2. The van der Waals surface area contributed by atoms with Gasteiger partial charge in [-0.1, -0.05) is 62.4 Å². The monoisotopic (exact) mass is 354 g/mol. The van der Waals surface area contributed by atoms with Gasteiger partial charge in [0.15, 0.2) is 0 Å². The highest BCUT2D eigenvalue weighted by Crippen LogP contribution is 2.30. The summed E-state index contributed by atoms with van der Waals surface area (Å²) in [5.41, 5.74) is 4.06. The molecule has 1 aliphatic rings. The average molecular weight is 354 g/mol. The first-order chi connectivity index (χ1) is 12.7. The van der Waals surface area contributed by atoms with Crippen LogP contribution < -0.4 is 10.6 Å². The van der Waals surface area contributed by atoms with Crippen LogP contribution in [0.25, 0.3) is 0 Å². The van der Waals surface area contributed by atoms with Crippen LogP contribution in [-0.4, -0.2) is 25.8 Å². The van der Waals surface area contributed by atoms with Crippen molar-refractivity contribution in [3.8, 4) is 0 Å².